The highest BCUT2D eigenvalue weighted by molar-refractivity contribution is 9.15. The number of fused-ring (bicyclic) bond motifs is 2. The molecule has 0 N–H and O–H groups in total. The van der Waals surface area contributed by atoms with Gasteiger partial charge < -0.3 is 0 Å². The summed E-state index contributed by atoms with van der Waals surface area (Å²) < 4.78 is 39.7. The smallest absolute Gasteiger partial charge is 0.272 e. The summed E-state index contributed by atoms with van der Waals surface area (Å²) in [4.78, 5) is 12.7. The van der Waals surface area contributed by atoms with Gasteiger partial charge in [-0.15, -0.1) is 0 Å². The molecule has 2 aromatic rings. The minimum absolute atomic E-state index is 0.193. The van der Waals surface area contributed by atoms with Crippen LogP contribution >= 0.6 is 15.9 Å². The first-order chi connectivity index (χ1) is 10.4. The van der Waals surface area contributed by atoms with E-state index >= 15 is 0 Å². The van der Waals surface area contributed by atoms with Crippen molar-refractivity contribution in [3.63, 3.8) is 0 Å². The molecular weight excluding hydrogens is 359 g/mol. The van der Waals surface area contributed by atoms with Crippen LogP contribution in [0.2, 0.25) is 0 Å². The number of para-hydroxylation sites is 2. The molecule has 0 aromatic heterocycles. The minimum atomic E-state index is -4.96. The Morgan fingerprint density at radius 3 is 2.23 bits per heavy atom. The minimum Gasteiger partial charge on any atom is -0.272 e. The van der Waals surface area contributed by atoms with Crippen molar-refractivity contribution in [2.24, 2.45) is 0 Å². The zero-order valence-corrected chi connectivity index (χ0v) is 12.6. The first-order valence-corrected chi connectivity index (χ1v) is 7.16. The number of hydrogen-bond acceptors (Lipinski definition) is 1. The largest absolute Gasteiger partial charge is 0.472 e. The van der Waals surface area contributed by atoms with Gasteiger partial charge in [0, 0.05) is 10.0 Å². The highest BCUT2D eigenvalue weighted by Gasteiger charge is 2.45. The van der Waals surface area contributed by atoms with Crippen molar-refractivity contribution in [1.82, 2.24) is 0 Å². The molecule has 3 rings (SSSR count). The number of anilines is 2. The fourth-order valence-electron chi connectivity index (χ4n) is 2.37. The molecule has 2 nitrogen and oxygen atoms in total. The lowest BCUT2D eigenvalue weighted by atomic mass is 10.1. The third-order valence-electron chi connectivity index (χ3n) is 3.31. The second kappa shape index (κ2) is 5.28. The van der Waals surface area contributed by atoms with E-state index in [0.717, 1.165) is 4.90 Å². The molecular formula is C16H9BrF3NO. The maximum Gasteiger partial charge on any atom is 0.472 e. The van der Waals surface area contributed by atoms with Gasteiger partial charge in [-0.25, -0.2) is 0 Å². The lowest BCUT2D eigenvalue weighted by Crippen LogP contribution is -2.38. The number of amides is 1. The normalized spacial score (nSPS) is 13.8. The van der Waals surface area contributed by atoms with Crippen LogP contribution < -0.4 is 4.90 Å². The average molecular weight is 368 g/mol. The van der Waals surface area contributed by atoms with E-state index in [1.165, 1.54) is 12.1 Å². The quantitative estimate of drug-likeness (QED) is 0.632. The van der Waals surface area contributed by atoms with Crippen LogP contribution in [0.4, 0.5) is 24.5 Å². The topological polar surface area (TPSA) is 20.3 Å². The van der Waals surface area contributed by atoms with Crippen LogP contribution in [0, 0.1) is 0 Å². The molecule has 22 heavy (non-hydrogen) atoms. The molecule has 0 saturated carbocycles. The molecule has 0 unspecified atom stereocenters. The predicted molar refractivity (Wildman–Crippen MR) is 82.9 cm³/mol. The Labute approximate surface area is 133 Å². The first-order valence-electron chi connectivity index (χ1n) is 6.36. The van der Waals surface area contributed by atoms with Gasteiger partial charge >= 0.3 is 12.1 Å². The van der Waals surface area contributed by atoms with Crippen molar-refractivity contribution in [3.05, 3.63) is 59.7 Å². The van der Waals surface area contributed by atoms with Crippen LogP contribution in [-0.2, 0) is 4.79 Å². The molecule has 1 aliphatic heterocycles. The third kappa shape index (κ3) is 2.43. The van der Waals surface area contributed by atoms with Gasteiger partial charge in [-0.1, -0.05) is 52.3 Å². The molecule has 2 aromatic carbocycles. The summed E-state index contributed by atoms with van der Waals surface area (Å²) >= 11 is 3.38. The summed E-state index contributed by atoms with van der Waals surface area (Å²) in [5.74, 6) is -1.91. The number of benzene rings is 2. The fraction of sp³-hybridized carbons (Fsp3) is 0.0625. The molecule has 0 spiro atoms. The summed E-state index contributed by atoms with van der Waals surface area (Å²) in [6.07, 6.45) is -3.26. The maximum atomic E-state index is 13.0. The standard InChI is InChI=1S/C16H9BrF3NO/c17-12-9-10-5-1-3-7-13(10)21(15(22)16(18,19)20)14-8-4-2-6-11(12)14/h1-9H. The molecule has 1 heterocycles. The van der Waals surface area contributed by atoms with Crippen molar-refractivity contribution >= 4 is 43.8 Å². The Bertz CT molecular complexity index is 783. The van der Waals surface area contributed by atoms with Crippen molar-refractivity contribution in [2.45, 2.75) is 6.18 Å². The van der Waals surface area contributed by atoms with Crippen molar-refractivity contribution in [1.29, 1.82) is 0 Å². The molecule has 0 saturated heterocycles. The van der Waals surface area contributed by atoms with Crippen LogP contribution in [0.15, 0.2) is 48.5 Å². The van der Waals surface area contributed by atoms with E-state index in [0.29, 0.717) is 15.6 Å². The second-order valence-electron chi connectivity index (χ2n) is 4.71. The monoisotopic (exact) mass is 367 g/mol. The molecule has 0 bridgehead atoms. The zero-order chi connectivity index (χ0) is 15.9. The number of carbonyl (C=O) groups excluding carboxylic acids is 1. The van der Waals surface area contributed by atoms with Crippen molar-refractivity contribution in [2.75, 3.05) is 4.90 Å². The van der Waals surface area contributed by atoms with E-state index in [9.17, 15) is 18.0 Å². The summed E-state index contributed by atoms with van der Waals surface area (Å²) in [7, 11) is 0. The van der Waals surface area contributed by atoms with Gasteiger partial charge in [0.2, 0.25) is 0 Å². The molecule has 1 aliphatic rings. The van der Waals surface area contributed by atoms with Gasteiger partial charge in [-0.3, -0.25) is 9.69 Å². The molecule has 112 valence electrons. The van der Waals surface area contributed by atoms with Crippen LogP contribution in [-0.4, -0.2) is 12.1 Å². The number of hydrogen-bond donors (Lipinski definition) is 0. The second-order valence-corrected chi connectivity index (χ2v) is 5.56. The lowest BCUT2D eigenvalue weighted by Gasteiger charge is -2.25. The number of alkyl halides is 3. The first kappa shape index (κ1) is 14.8. The molecule has 0 atom stereocenters. The van der Waals surface area contributed by atoms with E-state index in [4.69, 9.17) is 0 Å². The van der Waals surface area contributed by atoms with Crippen LogP contribution in [0.5, 0.6) is 0 Å². The molecule has 0 fully saturated rings. The lowest BCUT2D eigenvalue weighted by molar-refractivity contribution is -0.169. The Balaban J connectivity index is 2.32. The van der Waals surface area contributed by atoms with Gasteiger partial charge in [-0.05, 0) is 23.8 Å². The van der Waals surface area contributed by atoms with E-state index in [1.807, 2.05) is 0 Å². The summed E-state index contributed by atoms with van der Waals surface area (Å²) in [6, 6.07) is 12.9. The summed E-state index contributed by atoms with van der Waals surface area (Å²) in [5, 5.41) is 0. The SMILES string of the molecule is O=C(N1c2ccccc2C=C(Br)c2ccccc21)C(F)(F)F. The van der Waals surface area contributed by atoms with E-state index in [2.05, 4.69) is 15.9 Å². The van der Waals surface area contributed by atoms with Crippen LogP contribution in [0.1, 0.15) is 11.1 Å². The Morgan fingerprint density at radius 2 is 1.55 bits per heavy atom. The molecule has 0 radical (unpaired) electrons. The summed E-state index contributed by atoms with van der Waals surface area (Å²) in [5.41, 5.74) is 1.45. The zero-order valence-electron chi connectivity index (χ0n) is 11.1. The average Bonchev–Trinajstić information content (AvgIpc) is 2.60. The van der Waals surface area contributed by atoms with Gasteiger partial charge in [-0.2, -0.15) is 13.2 Å². The highest BCUT2D eigenvalue weighted by Crippen LogP contribution is 2.43. The number of halogens is 4. The predicted octanol–water partition coefficient (Wildman–Crippen LogP) is 5.12. The van der Waals surface area contributed by atoms with Gasteiger partial charge in [0.05, 0.1) is 11.4 Å². The van der Waals surface area contributed by atoms with E-state index in [1.54, 1.807) is 42.5 Å². The molecule has 6 heteroatoms. The van der Waals surface area contributed by atoms with E-state index in [-0.39, 0.29) is 11.4 Å². The Hall–Kier alpha value is -2.08. The number of rotatable bonds is 0. The maximum absolute atomic E-state index is 13.0. The van der Waals surface area contributed by atoms with Gasteiger partial charge in [0.15, 0.2) is 0 Å². The van der Waals surface area contributed by atoms with Crippen molar-refractivity contribution in [3.8, 4) is 0 Å². The Morgan fingerprint density at radius 1 is 0.955 bits per heavy atom. The number of carbonyl (C=O) groups is 1. The number of nitrogens with zero attached hydrogens (tertiary/aromatic N) is 1. The molecule has 1 amide bonds. The van der Waals surface area contributed by atoms with E-state index < -0.39 is 12.1 Å². The third-order valence-corrected chi connectivity index (χ3v) is 3.96. The highest BCUT2D eigenvalue weighted by atomic mass is 79.9. The van der Waals surface area contributed by atoms with Crippen LogP contribution in [0.3, 0.4) is 0 Å². The Kier molecular flexibility index (Phi) is 3.56. The van der Waals surface area contributed by atoms with Crippen LogP contribution in [0.25, 0.3) is 10.6 Å². The van der Waals surface area contributed by atoms with Crippen molar-refractivity contribution < 1.29 is 18.0 Å². The molecule has 0 aliphatic carbocycles. The summed E-state index contributed by atoms with van der Waals surface area (Å²) in [6.45, 7) is 0. The van der Waals surface area contributed by atoms with Gasteiger partial charge in [0.25, 0.3) is 0 Å². The fourth-order valence-corrected chi connectivity index (χ4v) is 2.96. The van der Waals surface area contributed by atoms with Gasteiger partial charge in [0.1, 0.15) is 0 Å².